The summed E-state index contributed by atoms with van der Waals surface area (Å²) in [7, 11) is -3.98. The second-order valence-corrected chi connectivity index (χ2v) is 10.6. The van der Waals surface area contributed by atoms with E-state index in [1.165, 1.54) is 4.31 Å². The van der Waals surface area contributed by atoms with Crippen molar-refractivity contribution in [3.63, 3.8) is 0 Å². The number of hydrogen-bond donors (Lipinski definition) is 1. The van der Waals surface area contributed by atoms with Gasteiger partial charge in [-0.25, -0.2) is 8.42 Å². The molecule has 6 nitrogen and oxygen atoms in total. The average molecular weight is 474 g/mol. The zero-order valence-electron chi connectivity index (χ0n) is 19.7. The number of benzene rings is 3. The first-order valence-electron chi connectivity index (χ1n) is 11.1. The fourth-order valence-corrected chi connectivity index (χ4v) is 6.66. The van der Waals surface area contributed by atoms with Crippen molar-refractivity contribution in [3.05, 3.63) is 93.5 Å². The number of hydrogen-bond acceptors (Lipinski definition) is 4. The van der Waals surface area contributed by atoms with Crippen molar-refractivity contribution in [2.75, 3.05) is 5.32 Å². The van der Waals surface area contributed by atoms with E-state index in [1.54, 1.807) is 24.3 Å². The van der Waals surface area contributed by atoms with Crippen LogP contribution in [-0.4, -0.2) is 24.7 Å². The Morgan fingerprint density at radius 2 is 1.56 bits per heavy atom. The molecule has 0 aromatic heterocycles. The molecule has 1 N–H and O–H groups in total. The predicted molar refractivity (Wildman–Crippen MR) is 132 cm³/mol. The van der Waals surface area contributed by atoms with Gasteiger partial charge >= 0.3 is 0 Å². The van der Waals surface area contributed by atoms with Gasteiger partial charge in [-0.1, -0.05) is 30.3 Å². The number of amides is 1. The second kappa shape index (κ2) is 9.05. The molecule has 0 bridgehead atoms. The normalized spacial score (nSPS) is 15.9. The Morgan fingerprint density at radius 1 is 0.971 bits per heavy atom. The lowest BCUT2D eigenvalue weighted by atomic mass is 9.95. The van der Waals surface area contributed by atoms with Crippen LogP contribution in [0.3, 0.4) is 0 Å². The Kier molecular flexibility index (Phi) is 6.30. The summed E-state index contributed by atoms with van der Waals surface area (Å²) in [6, 6.07) is 17.3. The topological polar surface area (TPSA) is 90.3 Å². The van der Waals surface area contributed by atoms with Crippen LogP contribution in [0.5, 0.6) is 0 Å². The first-order valence-corrected chi connectivity index (χ1v) is 12.5. The number of carbonyl (C=O) groups is 1. The molecule has 0 aliphatic carbocycles. The van der Waals surface area contributed by atoms with Crippen LogP contribution < -0.4 is 5.32 Å². The minimum Gasteiger partial charge on any atom is -0.325 e. The van der Waals surface area contributed by atoms with Gasteiger partial charge in [-0.2, -0.15) is 9.57 Å². The van der Waals surface area contributed by atoms with Gasteiger partial charge in [0.15, 0.2) is 0 Å². The van der Waals surface area contributed by atoms with Crippen LogP contribution in [0.4, 0.5) is 5.69 Å². The molecule has 0 saturated carbocycles. The van der Waals surface area contributed by atoms with Gasteiger partial charge in [0.25, 0.3) is 0 Å². The van der Waals surface area contributed by atoms with Gasteiger partial charge in [0.2, 0.25) is 15.9 Å². The maximum absolute atomic E-state index is 14.1. The lowest BCUT2D eigenvalue weighted by Gasteiger charge is -2.36. The number of rotatable bonds is 4. The maximum atomic E-state index is 14.1. The van der Waals surface area contributed by atoms with Crippen LogP contribution >= 0.6 is 0 Å². The standard InChI is InChI=1S/C27H27N3O3S/c1-17-13-18(2)20(4)26(19(17)3)34(32,33)30-16-23-8-6-5-7-22(23)14-25(30)27(31)29-24-11-9-21(15-28)10-12-24/h5-13,25H,14,16H2,1-4H3,(H,29,31)/t25-/m1/s1. The highest BCUT2D eigenvalue weighted by Gasteiger charge is 2.41. The number of nitriles is 1. The van der Waals surface area contributed by atoms with Crippen LogP contribution in [-0.2, 0) is 27.8 Å². The lowest BCUT2D eigenvalue weighted by molar-refractivity contribution is -0.120. The van der Waals surface area contributed by atoms with E-state index in [-0.39, 0.29) is 17.9 Å². The molecule has 7 heteroatoms. The van der Waals surface area contributed by atoms with Gasteiger partial charge in [-0.15, -0.1) is 0 Å². The molecule has 1 heterocycles. The Bertz CT molecular complexity index is 1390. The second-order valence-electron chi connectivity index (χ2n) is 8.81. The van der Waals surface area contributed by atoms with Crippen molar-refractivity contribution in [2.24, 2.45) is 0 Å². The molecule has 1 aliphatic heterocycles. The van der Waals surface area contributed by atoms with Crippen molar-refractivity contribution in [2.45, 2.75) is 51.6 Å². The highest BCUT2D eigenvalue weighted by Crippen LogP contribution is 2.34. The third kappa shape index (κ3) is 4.23. The fourth-order valence-electron chi connectivity index (χ4n) is 4.51. The summed E-state index contributed by atoms with van der Waals surface area (Å²) in [5.74, 6) is -0.400. The molecule has 0 radical (unpaired) electrons. The molecule has 0 spiro atoms. The molecule has 0 saturated heterocycles. The number of fused-ring (bicyclic) bond motifs is 1. The van der Waals surface area contributed by atoms with Gasteiger partial charge in [-0.05, 0) is 91.8 Å². The molecule has 3 aromatic rings. The zero-order chi connectivity index (χ0) is 24.6. The molecule has 3 aromatic carbocycles. The van der Waals surface area contributed by atoms with E-state index < -0.39 is 22.0 Å². The average Bonchev–Trinajstić information content (AvgIpc) is 2.82. The van der Waals surface area contributed by atoms with Crippen LogP contribution in [0.15, 0.2) is 59.5 Å². The van der Waals surface area contributed by atoms with Gasteiger partial charge < -0.3 is 5.32 Å². The smallest absolute Gasteiger partial charge is 0.244 e. The van der Waals surface area contributed by atoms with E-state index in [0.29, 0.717) is 22.4 Å². The predicted octanol–water partition coefficient (Wildman–Crippen LogP) is 4.55. The Morgan fingerprint density at radius 3 is 2.15 bits per heavy atom. The molecular weight excluding hydrogens is 446 g/mol. The minimum absolute atomic E-state index is 0.121. The van der Waals surface area contributed by atoms with Crippen molar-refractivity contribution < 1.29 is 13.2 Å². The summed E-state index contributed by atoms with van der Waals surface area (Å²) in [5, 5.41) is 11.9. The molecule has 0 fully saturated rings. The van der Waals surface area contributed by atoms with Gasteiger partial charge in [0.05, 0.1) is 16.5 Å². The Hall–Kier alpha value is -3.47. The van der Waals surface area contributed by atoms with Gasteiger partial charge in [0.1, 0.15) is 6.04 Å². The van der Waals surface area contributed by atoms with Crippen molar-refractivity contribution >= 4 is 21.6 Å². The van der Waals surface area contributed by atoms with E-state index in [2.05, 4.69) is 5.32 Å². The van der Waals surface area contributed by atoms with E-state index in [0.717, 1.165) is 22.3 Å². The van der Waals surface area contributed by atoms with Crippen molar-refractivity contribution in [1.29, 1.82) is 5.26 Å². The summed E-state index contributed by atoms with van der Waals surface area (Å²) < 4.78 is 29.5. The van der Waals surface area contributed by atoms with E-state index in [1.807, 2.05) is 64.1 Å². The molecule has 1 aliphatic rings. The molecule has 1 amide bonds. The first-order chi connectivity index (χ1) is 16.1. The fraction of sp³-hybridized carbons (Fsp3) is 0.259. The Balaban J connectivity index is 1.78. The number of carbonyl (C=O) groups excluding carboxylic acids is 1. The van der Waals surface area contributed by atoms with Crippen molar-refractivity contribution in [1.82, 2.24) is 4.31 Å². The monoisotopic (exact) mass is 473 g/mol. The quantitative estimate of drug-likeness (QED) is 0.602. The molecule has 1 atom stereocenters. The number of nitrogens with zero attached hydrogens (tertiary/aromatic N) is 2. The number of nitrogens with one attached hydrogen (secondary N) is 1. The summed E-state index contributed by atoms with van der Waals surface area (Å²) in [4.78, 5) is 13.7. The molecule has 34 heavy (non-hydrogen) atoms. The molecule has 4 rings (SSSR count). The number of anilines is 1. The van der Waals surface area contributed by atoms with Crippen LogP contribution in [0, 0.1) is 39.0 Å². The molecule has 0 unspecified atom stereocenters. The highest BCUT2D eigenvalue weighted by atomic mass is 32.2. The minimum atomic E-state index is -3.98. The highest BCUT2D eigenvalue weighted by molar-refractivity contribution is 7.89. The molecule has 174 valence electrons. The maximum Gasteiger partial charge on any atom is 0.244 e. The van der Waals surface area contributed by atoms with E-state index in [4.69, 9.17) is 5.26 Å². The van der Waals surface area contributed by atoms with E-state index in [9.17, 15) is 13.2 Å². The van der Waals surface area contributed by atoms with Crippen LogP contribution in [0.1, 0.15) is 38.9 Å². The van der Waals surface area contributed by atoms with Crippen LogP contribution in [0.2, 0.25) is 0 Å². The summed E-state index contributed by atoms with van der Waals surface area (Å²) >= 11 is 0. The van der Waals surface area contributed by atoms with E-state index >= 15 is 0 Å². The molecular formula is C27H27N3O3S. The van der Waals surface area contributed by atoms with Gasteiger partial charge in [0, 0.05) is 12.2 Å². The van der Waals surface area contributed by atoms with Crippen molar-refractivity contribution in [3.8, 4) is 6.07 Å². The largest absolute Gasteiger partial charge is 0.325 e. The lowest BCUT2D eigenvalue weighted by Crippen LogP contribution is -2.50. The summed E-state index contributed by atoms with van der Waals surface area (Å²) in [5.41, 5.74) is 6.06. The Labute approximate surface area is 200 Å². The zero-order valence-corrected chi connectivity index (χ0v) is 20.5. The number of aryl methyl sites for hydroxylation is 2. The first kappa shape index (κ1) is 23.7. The number of sulfonamides is 1. The summed E-state index contributed by atoms with van der Waals surface area (Å²) in [6.45, 7) is 7.56. The third-order valence-corrected chi connectivity index (χ3v) is 8.78. The van der Waals surface area contributed by atoms with Crippen LogP contribution in [0.25, 0.3) is 0 Å². The summed E-state index contributed by atoms with van der Waals surface area (Å²) in [6.07, 6.45) is 0.278. The SMILES string of the molecule is Cc1cc(C)c(C)c(S(=O)(=O)N2Cc3ccccc3C[C@@H]2C(=O)Nc2ccc(C#N)cc2)c1C. The van der Waals surface area contributed by atoms with Gasteiger partial charge in [-0.3, -0.25) is 4.79 Å². The third-order valence-electron chi connectivity index (χ3n) is 6.65.